The number of carbonyl (C=O) groups excluding carboxylic acids is 1. The van der Waals surface area contributed by atoms with E-state index in [1.807, 2.05) is 54.3 Å². The van der Waals surface area contributed by atoms with E-state index in [-0.39, 0.29) is 11.9 Å². The van der Waals surface area contributed by atoms with Crippen molar-refractivity contribution in [1.29, 1.82) is 0 Å². The molecule has 2 fully saturated rings. The van der Waals surface area contributed by atoms with E-state index in [0.717, 1.165) is 37.2 Å². The number of amides is 1. The summed E-state index contributed by atoms with van der Waals surface area (Å²) in [5.41, 5.74) is 8.48. The van der Waals surface area contributed by atoms with E-state index in [1.165, 1.54) is 5.56 Å². The lowest BCUT2D eigenvalue weighted by molar-refractivity contribution is -0.137. The number of ether oxygens (including phenoxy) is 1. The van der Waals surface area contributed by atoms with Gasteiger partial charge >= 0.3 is 0 Å². The average Bonchev–Trinajstić information content (AvgIpc) is 3.24. The second kappa shape index (κ2) is 7.12. The van der Waals surface area contributed by atoms with Crippen molar-refractivity contribution in [3.8, 4) is 16.9 Å². The summed E-state index contributed by atoms with van der Waals surface area (Å²) in [6, 6.07) is 18.4. The highest BCUT2D eigenvalue weighted by Gasteiger charge is 2.43. The number of likely N-dealkylation sites (tertiary alicyclic amines) is 1. The molecule has 2 aromatic rings. The maximum absolute atomic E-state index is 12.7. The Bertz CT molecular complexity index is 759. The van der Waals surface area contributed by atoms with Gasteiger partial charge in [0.1, 0.15) is 5.75 Å². The lowest BCUT2D eigenvalue weighted by atomic mass is 9.98. The number of hydrogen-bond acceptors (Lipinski definition) is 3. The van der Waals surface area contributed by atoms with Crippen molar-refractivity contribution in [1.82, 2.24) is 4.90 Å². The molecule has 26 heavy (non-hydrogen) atoms. The molecular weight excluding hydrogens is 324 g/mol. The van der Waals surface area contributed by atoms with E-state index in [4.69, 9.17) is 10.5 Å². The third kappa shape index (κ3) is 3.34. The average molecular weight is 350 g/mol. The minimum atomic E-state index is -0.479. The monoisotopic (exact) mass is 350 g/mol. The Morgan fingerprint density at radius 3 is 2.42 bits per heavy atom. The highest BCUT2D eigenvalue weighted by molar-refractivity contribution is 5.81. The van der Waals surface area contributed by atoms with Gasteiger partial charge in [0.15, 0.2) is 6.10 Å². The minimum Gasteiger partial charge on any atom is -0.481 e. The molecule has 0 aromatic heterocycles. The van der Waals surface area contributed by atoms with Gasteiger partial charge in [0, 0.05) is 19.1 Å². The van der Waals surface area contributed by atoms with Crippen LogP contribution in [-0.2, 0) is 4.79 Å². The number of nitrogens with two attached hydrogens (primary N) is 1. The van der Waals surface area contributed by atoms with Crippen molar-refractivity contribution < 1.29 is 9.53 Å². The minimum absolute atomic E-state index is 0.0683. The smallest absolute Gasteiger partial charge is 0.263 e. The van der Waals surface area contributed by atoms with E-state index < -0.39 is 6.10 Å². The first-order valence-corrected chi connectivity index (χ1v) is 9.48. The summed E-state index contributed by atoms with van der Waals surface area (Å²) < 4.78 is 5.91. The van der Waals surface area contributed by atoms with Crippen molar-refractivity contribution in [2.45, 2.75) is 31.9 Å². The maximum atomic E-state index is 12.7. The van der Waals surface area contributed by atoms with Crippen LogP contribution >= 0.6 is 0 Å². The fourth-order valence-electron chi connectivity index (χ4n) is 4.36. The molecular formula is C22H26N2O2. The lowest BCUT2D eigenvalue weighted by Gasteiger charge is -2.23. The van der Waals surface area contributed by atoms with Crippen LogP contribution in [0, 0.1) is 11.8 Å². The van der Waals surface area contributed by atoms with Crippen LogP contribution in [0.5, 0.6) is 5.75 Å². The zero-order chi connectivity index (χ0) is 18.1. The van der Waals surface area contributed by atoms with Crippen LogP contribution < -0.4 is 10.5 Å². The van der Waals surface area contributed by atoms with Gasteiger partial charge < -0.3 is 15.4 Å². The van der Waals surface area contributed by atoms with E-state index in [9.17, 15) is 4.79 Å². The highest BCUT2D eigenvalue weighted by Crippen LogP contribution is 2.37. The molecule has 0 spiro atoms. The Hall–Kier alpha value is -2.33. The van der Waals surface area contributed by atoms with E-state index in [1.54, 1.807) is 0 Å². The number of hydrogen-bond donors (Lipinski definition) is 1. The van der Waals surface area contributed by atoms with Crippen molar-refractivity contribution in [3.05, 3.63) is 54.6 Å². The molecule has 1 saturated carbocycles. The molecule has 4 unspecified atom stereocenters. The third-order valence-electron chi connectivity index (χ3n) is 5.85. The van der Waals surface area contributed by atoms with Crippen molar-refractivity contribution in [2.75, 3.05) is 13.1 Å². The first-order chi connectivity index (χ1) is 12.6. The fraction of sp³-hybridized carbons (Fsp3) is 0.409. The zero-order valence-corrected chi connectivity index (χ0v) is 15.2. The largest absolute Gasteiger partial charge is 0.481 e. The number of nitrogens with zero attached hydrogens (tertiary/aromatic N) is 1. The molecule has 1 aliphatic carbocycles. The number of benzene rings is 2. The molecule has 4 nitrogen and oxygen atoms in total. The summed E-state index contributed by atoms with van der Waals surface area (Å²) in [5.74, 6) is 1.84. The van der Waals surface area contributed by atoms with Gasteiger partial charge in [-0.3, -0.25) is 4.79 Å². The molecule has 136 valence electrons. The van der Waals surface area contributed by atoms with Gasteiger partial charge in [-0.2, -0.15) is 0 Å². The maximum Gasteiger partial charge on any atom is 0.263 e. The van der Waals surface area contributed by atoms with Gasteiger partial charge in [-0.05, 0) is 54.9 Å². The highest BCUT2D eigenvalue weighted by atomic mass is 16.5. The Morgan fingerprint density at radius 2 is 1.73 bits per heavy atom. The molecule has 1 heterocycles. The van der Waals surface area contributed by atoms with Gasteiger partial charge in [-0.15, -0.1) is 0 Å². The molecule has 1 saturated heterocycles. The number of carbonyl (C=O) groups is 1. The second-order valence-corrected chi connectivity index (χ2v) is 7.56. The normalized spacial score (nSPS) is 25.8. The van der Waals surface area contributed by atoms with Gasteiger partial charge in [0.25, 0.3) is 5.91 Å². The molecule has 4 atom stereocenters. The summed E-state index contributed by atoms with van der Waals surface area (Å²) in [4.78, 5) is 14.7. The van der Waals surface area contributed by atoms with Crippen molar-refractivity contribution >= 4 is 5.91 Å². The first kappa shape index (κ1) is 17.1. The number of rotatable bonds is 4. The van der Waals surface area contributed by atoms with Crippen LogP contribution in [0.3, 0.4) is 0 Å². The lowest BCUT2D eigenvalue weighted by Crippen LogP contribution is -2.40. The van der Waals surface area contributed by atoms with Crippen molar-refractivity contribution in [2.24, 2.45) is 17.6 Å². The van der Waals surface area contributed by atoms with Crippen molar-refractivity contribution in [3.63, 3.8) is 0 Å². The first-order valence-electron chi connectivity index (χ1n) is 9.48. The van der Waals surface area contributed by atoms with Gasteiger partial charge in [0.2, 0.25) is 0 Å². The van der Waals surface area contributed by atoms with Gasteiger partial charge in [-0.25, -0.2) is 0 Å². The third-order valence-corrected chi connectivity index (χ3v) is 5.85. The van der Waals surface area contributed by atoms with Crippen LogP contribution in [-0.4, -0.2) is 36.0 Å². The van der Waals surface area contributed by atoms with E-state index in [2.05, 4.69) is 12.1 Å². The Kier molecular flexibility index (Phi) is 4.68. The molecule has 1 amide bonds. The molecule has 0 radical (unpaired) electrons. The fourth-order valence-corrected chi connectivity index (χ4v) is 4.36. The molecule has 4 heteroatoms. The van der Waals surface area contributed by atoms with E-state index in [0.29, 0.717) is 11.8 Å². The Morgan fingerprint density at radius 1 is 1.04 bits per heavy atom. The molecule has 2 aliphatic rings. The summed E-state index contributed by atoms with van der Waals surface area (Å²) in [7, 11) is 0. The van der Waals surface area contributed by atoms with E-state index >= 15 is 0 Å². The molecule has 0 bridgehead atoms. The predicted octanol–water partition coefficient (Wildman–Crippen LogP) is 3.32. The Balaban J connectivity index is 1.37. The van der Waals surface area contributed by atoms with Crippen LogP contribution in [0.1, 0.15) is 19.8 Å². The van der Waals surface area contributed by atoms with Crippen LogP contribution in [0.4, 0.5) is 0 Å². The molecule has 2 aromatic carbocycles. The standard InChI is InChI=1S/C22H26N2O2/c1-15(22(25)24-13-18-9-12-21(23)20(18)14-24)26-19-10-7-17(8-11-19)16-5-3-2-4-6-16/h2-8,10-11,15,18,20-21H,9,12-14,23H2,1H3. The second-order valence-electron chi connectivity index (χ2n) is 7.56. The summed E-state index contributed by atoms with van der Waals surface area (Å²) in [5, 5.41) is 0. The van der Waals surface area contributed by atoms with Crippen LogP contribution in [0.15, 0.2) is 54.6 Å². The van der Waals surface area contributed by atoms with Crippen LogP contribution in [0.2, 0.25) is 0 Å². The molecule has 1 aliphatic heterocycles. The summed E-state index contributed by atoms with van der Waals surface area (Å²) in [6.45, 7) is 3.45. The predicted molar refractivity (Wildman–Crippen MR) is 103 cm³/mol. The quantitative estimate of drug-likeness (QED) is 0.920. The number of fused-ring (bicyclic) bond motifs is 1. The molecule has 4 rings (SSSR count). The SMILES string of the molecule is CC(Oc1ccc(-c2ccccc2)cc1)C(=O)N1CC2CCC(N)C2C1. The topological polar surface area (TPSA) is 55.6 Å². The Labute approximate surface area is 155 Å². The summed E-state index contributed by atoms with van der Waals surface area (Å²) >= 11 is 0. The zero-order valence-electron chi connectivity index (χ0n) is 15.2. The van der Waals surface area contributed by atoms with Gasteiger partial charge in [-0.1, -0.05) is 42.5 Å². The van der Waals surface area contributed by atoms with Gasteiger partial charge in [0.05, 0.1) is 0 Å². The summed E-state index contributed by atoms with van der Waals surface area (Å²) in [6.07, 6.45) is 1.76. The van der Waals surface area contributed by atoms with Crippen LogP contribution in [0.25, 0.3) is 11.1 Å². The molecule has 2 N–H and O–H groups in total.